The highest BCUT2D eigenvalue weighted by Crippen LogP contribution is 2.16. The van der Waals surface area contributed by atoms with Crippen LogP contribution >= 0.6 is 11.3 Å². The van der Waals surface area contributed by atoms with Crippen LogP contribution in [0.4, 0.5) is 0 Å². The number of nitrogens with one attached hydrogen (secondary N) is 1. The van der Waals surface area contributed by atoms with Crippen LogP contribution in [0.1, 0.15) is 18.0 Å². The first kappa shape index (κ1) is 11.9. The Morgan fingerprint density at radius 2 is 2.67 bits per heavy atom. The molecule has 0 bridgehead atoms. The number of esters is 1. The molecule has 0 aromatic carbocycles. The summed E-state index contributed by atoms with van der Waals surface area (Å²) in [5, 5.41) is 5.56. The number of rotatable bonds is 6. The number of hydrogen-bond acceptors (Lipinski definition) is 5. The maximum Gasteiger partial charge on any atom is 0.330 e. The second kappa shape index (κ2) is 6.31. The Morgan fingerprint density at radius 3 is 3.20 bits per heavy atom. The molecule has 4 nitrogen and oxygen atoms in total. The van der Waals surface area contributed by atoms with E-state index >= 15 is 0 Å². The minimum Gasteiger partial charge on any atom is -0.465 e. The number of carbonyl (C=O) groups is 1. The van der Waals surface area contributed by atoms with Crippen LogP contribution in [0.2, 0.25) is 0 Å². The maximum atomic E-state index is 11.6. The predicted molar refractivity (Wildman–Crippen MR) is 59.7 cm³/mol. The summed E-state index contributed by atoms with van der Waals surface area (Å²) >= 11 is 1.43. The van der Waals surface area contributed by atoms with Gasteiger partial charge in [0, 0.05) is 18.1 Å². The van der Waals surface area contributed by atoms with Crippen LogP contribution in [0.15, 0.2) is 24.2 Å². The fraction of sp³-hybridized carbons (Fsp3) is 0.400. The molecular formula is C10H14N2O2S. The summed E-state index contributed by atoms with van der Waals surface area (Å²) < 4.78 is 4.96. The Balaban J connectivity index is 2.69. The molecule has 82 valence electrons. The van der Waals surface area contributed by atoms with E-state index in [9.17, 15) is 4.79 Å². The van der Waals surface area contributed by atoms with E-state index in [0.717, 1.165) is 5.01 Å². The van der Waals surface area contributed by atoms with E-state index in [2.05, 4.69) is 16.9 Å². The van der Waals surface area contributed by atoms with Gasteiger partial charge in [-0.3, -0.25) is 5.32 Å². The average Bonchev–Trinajstić information content (AvgIpc) is 2.72. The van der Waals surface area contributed by atoms with Gasteiger partial charge in [0.1, 0.15) is 5.01 Å². The smallest absolute Gasteiger partial charge is 0.330 e. The van der Waals surface area contributed by atoms with Crippen molar-refractivity contribution >= 4 is 17.3 Å². The zero-order valence-corrected chi connectivity index (χ0v) is 9.42. The Hall–Kier alpha value is -1.20. The molecule has 1 aromatic heterocycles. The van der Waals surface area contributed by atoms with Crippen molar-refractivity contribution in [2.75, 3.05) is 13.2 Å². The first-order valence-electron chi connectivity index (χ1n) is 4.70. The van der Waals surface area contributed by atoms with E-state index in [-0.39, 0.29) is 5.97 Å². The standard InChI is InChI=1S/C10H14N2O2S/c1-3-5-11-8(10(13)14-4-2)9-12-6-7-15-9/h3,6-8,11H,1,4-5H2,2H3. The van der Waals surface area contributed by atoms with E-state index in [1.54, 1.807) is 19.2 Å². The van der Waals surface area contributed by atoms with Crippen LogP contribution in [-0.4, -0.2) is 24.1 Å². The van der Waals surface area contributed by atoms with Crippen LogP contribution in [0, 0.1) is 0 Å². The zero-order chi connectivity index (χ0) is 11.1. The lowest BCUT2D eigenvalue weighted by Gasteiger charge is -2.13. The number of thiazole rings is 1. The molecule has 1 rings (SSSR count). The third kappa shape index (κ3) is 3.45. The van der Waals surface area contributed by atoms with Crippen molar-refractivity contribution in [2.24, 2.45) is 0 Å². The van der Waals surface area contributed by atoms with Crippen molar-refractivity contribution < 1.29 is 9.53 Å². The molecule has 1 unspecified atom stereocenters. The molecule has 1 aromatic rings. The van der Waals surface area contributed by atoms with Crippen molar-refractivity contribution in [3.05, 3.63) is 29.2 Å². The highest BCUT2D eigenvalue weighted by Gasteiger charge is 2.22. The van der Waals surface area contributed by atoms with Crippen LogP contribution in [0.25, 0.3) is 0 Å². The third-order valence-corrected chi connectivity index (χ3v) is 2.53. The van der Waals surface area contributed by atoms with Crippen LogP contribution in [-0.2, 0) is 9.53 Å². The minimum atomic E-state index is -0.483. The summed E-state index contributed by atoms with van der Waals surface area (Å²) in [4.78, 5) is 15.7. The lowest BCUT2D eigenvalue weighted by atomic mass is 10.3. The van der Waals surface area contributed by atoms with Crippen molar-refractivity contribution in [3.8, 4) is 0 Å². The van der Waals surface area contributed by atoms with Gasteiger partial charge < -0.3 is 4.74 Å². The molecule has 0 amide bonds. The molecule has 0 saturated heterocycles. The van der Waals surface area contributed by atoms with Gasteiger partial charge in [0.15, 0.2) is 6.04 Å². The summed E-state index contributed by atoms with van der Waals surface area (Å²) in [6.45, 7) is 6.29. The van der Waals surface area contributed by atoms with E-state index < -0.39 is 6.04 Å². The Labute approximate surface area is 93.0 Å². The quantitative estimate of drug-likeness (QED) is 0.590. The van der Waals surface area contributed by atoms with Gasteiger partial charge in [0.05, 0.1) is 6.61 Å². The van der Waals surface area contributed by atoms with Gasteiger partial charge in [0.2, 0.25) is 0 Å². The molecule has 0 aliphatic carbocycles. The maximum absolute atomic E-state index is 11.6. The number of hydrogen-bond donors (Lipinski definition) is 1. The zero-order valence-electron chi connectivity index (χ0n) is 8.60. The molecule has 15 heavy (non-hydrogen) atoms. The van der Waals surface area contributed by atoms with E-state index in [0.29, 0.717) is 13.2 Å². The Kier molecular flexibility index (Phi) is 5.00. The first-order valence-corrected chi connectivity index (χ1v) is 5.57. The van der Waals surface area contributed by atoms with Gasteiger partial charge >= 0.3 is 5.97 Å². The fourth-order valence-electron chi connectivity index (χ4n) is 1.08. The molecule has 0 spiro atoms. The minimum absolute atomic E-state index is 0.297. The highest BCUT2D eigenvalue weighted by molar-refractivity contribution is 7.09. The fourth-order valence-corrected chi connectivity index (χ4v) is 1.77. The van der Waals surface area contributed by atoms with Crippen molar-refractivity contribution in [3.63, 3.8) is 0 Å². The van der Waals surface area contributed by atoms with Crippen LogP contribution in [0.5, 0.6) is 0 Å². The van der Waals surface area contributed by atoms with Gasteiger partial charge in [-0.05, 0) is 6.92 Å². The summed E-state index contributed by atoms with van der Waals surface area (Å²) in [5.74, 6) is -0.297. The summed E-state index contributed by atoms with van der Waals surface area (Å²) in [6.07, 6.45) is 3.36. The largest absolute Gasteiger partial charge is 0.465 e. The molecule has 0 aliphatic heterocycles. The molecule has 1 N–H and O–H groups in total. The third-order valence-electron chi connectivity index (χ3n) is 1.69. The van der Waals surface area contributed by atoms with E-state index in [4.69, 9.17) is 4.74 Å². The van der Waals surface area contributed by atoms with Gasteiger partial charge in [0.25, 0.3) is 0 Å². The molecule has 1 heterocycles. The van der Waals surface area contributed by atoms with E-state index in [1.165, 1.54) is 11.3 Å². The molecule has 5 heteroatoms. The topological polar surface area (TPSA) is 51.2 Å². The molecule has 0 aliphatic rings. The van der Waals surface area contributed by atoms with E-state index in [1.807, 2.05) is 5.38 Å². The Morgan fingerprint density at radius 1 is 1.87 bits per heavy atom. The van der Waals surface area contributed by atoms with Crippen LogP contribution in [0.3, 0.4) is 0 Å². The molecule has 1 atom stereocenters. The summed E-state index contributed by atoms with van der Waals surface area (Å²) in [7, 11) is 0. The number of aromatic nitrogens is 1. The molecule has 0 radical (unpaired) electrons. The van der Waals surface area contributed by atoms with Gasteiger partial charge in [-0.2, -0.15) is 0 Å². The number of carbonyl (C=O) groups excluding carboxylic acids is 1. The summed E-state index contributed by atoms with van der Waals surface area (Å²) in [5.41, 5.74) is 0. The molecule has 0 fully saturated rings. The van der Waals surface area contributed by atoms with Crippen molar-refractivity contribution in [1.29, 1.82) is 0 Å². The lowest BCUT2D eigenvalue weighted by Crippen LogP contribution is -2.30. The lowest BCUT2D eigenvalue weighted by molar-refractivity contribution is -0.145. The van der Waals surface area contributed by atoms with Crippen LogP contribution < -0.4 is 5.32 Å². The SMILES string of the molecule is C=CCNC(C(=O)OCC)c1nccs1. The second-order valence-electron chi connectivity index (χ2n) is 2.75. The van der Waals surface area contributed by atoms with Gasteiger partial charge in [-0.15, -0.1) is 17.9 Å². The second-order valence-corrected chi connectivity index (χ2v) is 3.68. The van der Waals surface area contributed by atoms with Gasteiger partial charge in [-0.25, -0.2) is 9.78 Å². The number of ether oxygens (including phenoxy) is 1. The number of nitrogens with zero attached hydrogens (tertiary/aromatic N) is 1. The average molecular weight is 226 g/mol. The molecule has 0 saturated carbocycles. The normalized spacial score (nSPS) is 12.1. The van der Waals surface area contributed by atoms with Crippen molar-refractivity contribution in [1.82, 2.24) is 10.3 Å². The summed E-state index contributed by atoms with van der Waals surface area (Å²) in [6, 6.07) is -0.483. The molecular weight excluding hydrogens is 212 g/mol. The van der Waals surface area contributed by atoms with Crippen molar-refractivity contribution in [2.45, 2.75) is 13.0 Å². The Bertz CT molecular complexity index is 311. The predicted octanol–water partition coefficient (Wildman–Crippen LogP) is 1.52. The monoisotopic (exact) mass is 226 g/mol. The highest BCUT2D eigenvalue weighted by atomic mass is 32.1. The van der Waals surface area contributed by atoms with Gasteiger partial charge in [-0.1, -0.05) is 6.08 Å². The first-order chi connectivity index (χ1) is 7.29.